The fraction of sp³-hybridized carbons (Fsp3) is 0.273. The van der Waals surface area contributed by atoms with Crippen molar-refractivity contribution in [1.29, 1.82) is 0 Å². The Kier molecular flexibility index (Phi) is 4.29. The fourth-order valence-corrected chi connectivity index (χ4v) is 1.25. The Hall–Kier alpha value is -0.870. The van der Waals surface area contributed by atoms with E-state index >= 15 is 0 Å². The van der Waals surface area contributed by atoms with Gasteiger partial charge in [0.25, 0.3) is 0 Å². The number of hydrogen-bond acceptors (Lipinski definition) is 2. The van der Waals surface area contributed by atoms with Gasteiger partial charge in [-0.05, 0) is 19.1 Å². The number of aliphatic hydroxyl groups is 1. The lowest BCUT2D eigenvalue weighted by molar-refractivity contribution is 0.192. The Morgan fingerprint density at radius 3 is 2.87 bits per heavy atom. The van der Waals surface area contributed by atoms with Crippen molar-refractivity contribution in [3.63, 3.8) is 0 Å². The Labute approximate surface area is 96.5 Å². The third kappa shape index (κ3) is 3.64. The molecule has 82 valence electrons. The summed E-state index contributed by atoms with van der Waals surface area (Å²) >= 11 is 3.14. The Bertz CT molecular complexity index is 364. The van der Waals surface area contributed by atoms with Crippen LogP contribution in [0.2, 0.25) is 0 Å². The van der Waals surface area contributed by atoms with Crippen LogP contribution in [0.3, 0.4) is 0 Å². The van der Waals surface area contributed by atoms with E-state index in [2.05, 4.69) is 22.5 Å². The number of hydrogen-bond donors (Lipinski definition) is 1. The molecule has 1 N–H and O–H groups in total. The van der Waals surface area contributed by atoms with Gasteiger partial charge in [0, 0.05) is 16.1 Å². The lowest BCUT2D eigenvalue weighted by Gasteiger charge is -2.12. The SMILES string of the molecule is C=C(Br)COc1cc(F)ccc1[C@H](C)O. The maximum absolute atomic E-state index is 12.9. The van der Waals surface area contributed by atoms with Gasteiger partial charge < -0.3 is 9.84 Å². The standard InChI is InChI=1S/C11H12BrFO2/c1-7(12)6-15-11-5-9(13)3-4-10(11)8(2)14/h3-5,8,14H,1,6H2,2H3/t8-/m0/s1. The predicted octanol–water partition coefficient (Wildman–Crippen LogP) is 3.17. The highest BCUT2D eigenvalue weighted by molar-refractivity contribution is 9.11. The lowest BCUT2D eigenvalue weighted by atomic mass is 10.1. The second-order valence-corrected chi connectivity index (χ2v) is 4.29. The molecule has 4 heteroatoms. The van der Waals surface area contributed by atoms with Gasteiger partial charge in [0.05, 0.1) is 6.10 Å². The average Bonchev–Trinajstić information content (AvgIpc) is 2.14. The van der Waals surface area contributed by atoms with Crippen molar-refractivity contribution in [1.82, 2.24) is 0 Å². The van der Waals surface area contributed by atoms with Gasteiger partial charge in [-0.2, -0.15) is 0 Å². The zero-order valence-electron chi connectivity index (χ0n) is 8.34. The van der Waals surface area contributed by atoms with E-state index in [1.165, 1.54) is 18.2 Å². The monoisotopic (exact) mass is 274 g/mol. The number of halogens is 2. The van der Waals surface area contributed by atoms with Crippen molar-refractivity contribution >= 4 is 15.9 Å². The summed E-state index contributed by atoms with van der Waals surface area (Å²) in [5.41, 5.74) is 0.560. The summed E-state index contributed by atoms with van der Waals surface area (Å²) < 4.78 is 18.9. The van der Waals surface area contributed by atoms with Crippen molar-refractivity contribution in [3.05, 3.63) is 40.6 Å². The first-order valence-corrected chi connectivity index (χ1v) is 5.23. The van der Waals surface area contributed by atoms with E-state index in [1.54, 1.807) is 6.92 Å². The van der Waals surface area contributed by atoms with Crippen LogP contribution in [0.25, 0.3) is 0 Å². The summed E-state index contributed by atoms with van der Waals surface area (Å²) in [5.74, 6) is -0.0554. The summed E-state index contributed by atoms with van der Waals surface area (Å²) in [6, 6.07) is 4.04. The molecule has 0 amide bonds. The molecule has 0 aromatic heterocycles. The molecule has 1 rings (SSSR count). The maximum Gasteiger partial charge on any atom is 0.128 e. The molecule has 0 fully saturated rings. The highest BCUT2D eigenvalue weighted by Crippen LogP contribution is 2.26. The minimum absolute atomic E-state index is 0.239. The maximum atomic E-state index is 12.9. The molecule has 0 heterocycles. The molecule has 0 saturated carbocycles. The molecular weight excluding hydrogens is 263 g/mol. The predicted molar refractivity (Wildman–Crippen MR) is 60.6 cm³/mol. The van der Waals surface area contributed by atoms with Crippen molar-refractivity contribution in [3.8, 4) is 5.75 Å². The first-order valence-electron chi connectivity index (χ1n) is 4.44. The van der Waals surface area contributed by atoms with Crippen LogP contribution in [-0.4, -0.2) is 11.7 Å². The molecule has 0 aliphatic rings. The van der Waals surface area contributed by atoms with Crippen LogP contribution in [0.15, 0.2) is 29.3 Å². The first kappa shape index (κ1) is 12.2. The van der Waals surface area contributed by atoms with E-state index in [1.807, 2.05) is 0 Å². The number of benzene rings is 1. The van der Waals surface area contributed by atoms with Gasteiger partial charge in [-0.3, -0.25) is 0 Å². The first-order chi connectivity index (χ1) is 7.00. The quantitative estimate of drug-likeness (QED) is 0.914. The third-order valence-electron chi connectivity index (χ3n) is 1.81. The second-order valence-electron chi connectivity index (χ2n) is 3.16. The Balaban J connectivity index is 2.91. The van der Waals surface area contributed by atoms with Gasteiger partial charge >= 0.3 is 0 Å². The zero-order valence-corrected chi connectivity index (χ0v) is 9.92. The van der Waals surface area contributed by atoms with Gasteiger partial charge in [0.2, 0.25) is 0 Å². The average molecular weight is 275 g/mol. The van der Waals surface area contributed by atoms with Crippen LogP contribution in [-0.2, 0) is 0 Å². The van der Waals surface area contributed by atoms with Crippen LogP contribution in [0.1, 0.15) is 18.6 Å². The van der Waals surface area contributed by atoms with Crippen molar-refractivity contribution in [2.24, 2.45) is 0 Å². The zero-order chi connectivity index (χ0) is 11.4. The minimum Gasteiger partial charge on any atom is -0.488 e. The molecule has 0 radical (unpaired) electrons. The molecule has 0 saturated heterocycles. The molecular formula is C11H12BrFO2. The summed E-state index contributed by atoms with van der Waals surface area (Å²) in [6.07, 6.45) is -0.691. The van der Waals surface area contributed by atoms with Crippen LogP contribution in [0.5, 0.6) is 5.75 Å². The molecule has 2 nitrogen and oxygen atoms in total. The molecule has 0 bridgehead atoms. The van der Waals surface area contributed by atoms with Crippen LogP contribution in [0, 0.1) is 5.82 Å². The highest BCUT2D eigenvalue weighted by atomic mass is 79.9. The molecule has 0 unspecified atom stereocenters. The number of ether oxygens (including phenoxy) is 1. The topological polar surface area (TPSA) is 29.5 Å². The summed E-state index contributed by atoms with van der Waals surface area (Å²) in [5, 5.41) is 9.42. The van der Waals surface area contributed by atoms with Crippen LogP contribution < -0.4 is 4.74 Å². The summed E-state index contributed by atoms with van der Waals surface area (Å²) in [4.78, 5) is 0. The number of aliphatic hydroxyl groups excluding tert-OH is 1. The Morgan fingerprint density at radius 2 is 2.33 bits per heavy atom. The lowest BCUT2D eigenvalue weighted by Crippen LogP contribution is -2.02. The second kappa shape index (κ2) is 5.28. The molecule has 15 heavy (non-hydrogen) atoms. The molecule has 1 aromatic carbocycles. The van der Waals surface area contributed by atoms with Gasteiger partial charge in [0.15, 0.2) is 0 Å². The molecule has 0 aliphatic heterocycles. The molecule has 1 aromatic rings. The largest absolute Gasteiger partial charge is 0.488 e. The normalized spacial score (nSPS) is 12.3. The third-order valence-corrected chi connectivity index (χ3v) is 2.04. The van der Waals surface area contributed by atoms with Gasteiger partial charge in [-0.15, -0.1) is 0 Å². The summed E-state index contributed by atoms with van der Waals surface area (Å²) in [6.45, 7) is 5.44. The minimum atomic E-state index is -0.691. The van der Waals surface area contributed by atoms with Gasteiger partial charge in [-0.1, -0.05) is 22.5 Å². The molecule has 0 aliphatic carbocycles. The van der Waals surface area contributed by atoms with Crippen LogP contribution in [0.4, 0.5) is 4.39 Å². The van der Waals surface area contributed by atoms with Crippen molar-refractivity contribution in [2.75, 3.05) is 6.61 Å². The van der Waals surface area contributed by atoms with Crippen molar-refractivity contribution < 1.29 is 14.2 Å². The summed E-state index contributed by atoms with van der Waals surface area (Å²) in [7, 11) is 0. The van der Waals surface area contributed by atoms with E-state index in [9.17, 15) is 9.50 Å². The van der Waals surface area contributed by atoms with E-state index in [0.29, 0.717) is 15.8 Å². The van der Waals surface area contributed by atoms with E-state index in [0.717, 1.165) is 0 Å². The molecule has 1 atom stereocenters. The van der Waals surface area contributed by atoms with Gasteiger partial charge in [-0.25, -0.2) is 4.39 Å². The molecule has 0 spiro atoms. The van der Waals surface area contributed by atoms with E-state index in [4.69, 9.17) is 4.74 Å². The smallest absolute Gasteiger partial charge is 0.128 e. The highest BCUT2D eigenvalue weighted by Gasteiger charge is 2.10. The van der Waals surface area contributed by atoms with Crippen LogP contribution >= 0.6 is 15.9 Å². The fourth-order valence-electron chi connectivity index (χ4n) is 1.13. The van der Waals surface area contributed by atoms with Gasteiger partial charge in [0.1, 0.15) is 18.2 Å². The van der Waals surface area contributed by atoms with E-state index < -0.39 is 11.9 Å². The Morgan fingerprint density at radius 1 is 1.67 bits per heavy atom. The number of rotatable bonds is 4. The van der Waals surface area contributed by atoms with E-state index in [-0.39, 0.29) is 6.61 Å². The van der Waals surface area contributed by atoms with Crippen molar-refractivity contribution in [2.45, 2.75) is 13.0 Å².